The Kier molecular flexibility index (Phi) is 6.25. The van der Waals surface area contributed by atoms with Gasteiger partial charge in [0.1, 0.15) is 12.4 Å². The Morgan fingerprint density at radius 3 is 2.75 bits per heavy atom. The Hall–Kier alpha value is -2.48. The zero-order chi connectivity index (χ0) is 17.5. The number of halogens is 2. The van der Waals surface area contributed by atoms with Gasteiger partial charge in [-0.2, -0.15) is 5.10 Å². The normalized spacial score (nSPS) is 10.4. The molecule has 0 bridgehead atoms. The number of carbonyl (C=O) groups excluding carboxylic acids is 1. The van der Waals surface area contributed by atoms with Gasteiger partial charge in [-0.3, -0.25) is 4.79 Å². The van der Waals surface area contributed by atoms with E-state index in [0.717, 1.165) is 5.56 Å². The number of amides is 1. The first-order valence-electron chi connectivity index (χ1n) is 6.96. The van der Waals surface area contributed by atoms with Gasteiger partial charge in [0.15, 0.2) is 0 Å². The van der Waals surface area contributed by atoms with E-state index in [4.69, 9.17) is 34.4 Å². The summed E-state index contributed by atoms with van der Waals surface area (Å²) in [5.41, 5.74) is 4.47. The molecule has 0 unspecified atom stereocenters. The molecule has 0 fully saturated rings. The molecule has 4 nitrogen and oxygen atoms in total. The highest BCUT2D eigenvalue weighted by Crippen LogP contribution is 2.24. The molecule has 0 aliphatic rings. The molecule has 0 aliphatic heterocycles. The van der Waals surface area contributed by atoms with Crippen LogP contribution in [0.3, 0.4) is 0 Å². The van der Waals surface area contributed by atoms with Gasteiger partial charge >= 0.3 is 0 Å². The van der Waals surface area contributed by atoms with Gasteiger partial charge in [0.2, 0.25) is 0 Å². The minimum atomic E-state index is -0.353. The van der Waals surface area contributed by atoms with Crippen molar-refractivity contribution in [2.75, 3.05) is 6.61 Å². The maximum atomic E-state index is 12.0. The lowest BCUT2D eigenvalue weighted by Gasteiger charge is -2.05. The summed E-state index contributed by atoms with van der Waals surface area (Å²) in [6.45, 7) is 2.01. The summed E-state index contributed by atoms with van der Waals surface area (Å²) in [7, 11) is 0. The van der Waals surface area contributed by atoms with Crippen molar-refractivity contribution in [2.24, 2.45) is 5.10 Å². The molecule has 1 amide bonds. The van der Waals surface area contributed by atoms with Gasteiger partial charge in [0.05, 0.1) is 11.2 Å². The second kappa shape index (κ2) is 8.39. The zero-order valence-electron chi connectivity index (χ0n) is 12.8. The number of nitrogens with one attached hydrogen (secondary N) is 1. The monoisotopic (exact) mass is 360 g/mol. The van der Waals surface area contributed by atoms with Crippen molar-refractivity contribution in [1.29, 1.82) is 0 Å². The molecule has 24 heavy (non-hydrogen) atoms. The van der Waals surface area contributed by atoms with Crippen molar-refractivity contribution >= 4 is 35.3 Å². The predicted octanol–water partition coefficient (Wildman–Crippen LogP) is 4.08. The topological polar surface area (TPSA) is 50.7 Å². The average Bonchev–Trinajstić information content (AvgIpc) is 2.56. The van der Waals surface area contributed by atoms with E-state index >= 15 is 0 Å². The summed E-state index contributed by atoms with van der Waals surface area (Å²) in [6, 6.07) is 10.1. The van der Waals surface area contributed by atoms with Gasteiger partial charge in [-0.15, -0.1) is 6.42 Å². The Balaban J connectivity index is 2.00. The smallest absolute Gasteiger partial charge is 0.271 e. The molecule has 0 atom stereocenters. The molecule has 2 rings (SSSR count). The Bertz CT molecular complexity index is 826. The lowest BCUT2D eigenvalue weighted by atomic mass is 10.1. The van der Waals surface area contributed by atoms with E-state index in [1.807, 2.05) is 6.92 Å². The number of nitrogens with zero attached hydrogens (tertiary/aromatic N) is 1. The summed E-state index contributed by atoms with van der Waals surface area (Å²) in [5.74, 6) is 2.50. The predicted molar refractivity (Wildman–Crippen MR) is 97.0 cm³/mol. The summed E-state index contributed by atoms with van der Waals surface area (Å²) in [6.07, 6.45) is 6.60. The number of benzene rings is 2. The van der Waals surface area contributed by atoms with Crippen LogP contribution in [0.15, 0.2) is 41.5 Å². The fourth-order valence-corrected chi connectivity index (χ4v) is 2.22. The largest absolute Gasteiger partial charge is 0.479 e. The van der Waals surface area contributed by atoms with Crippen LogP contribution >= 0.6 is 23.2 Å². The first-order chi connectivity index (χ1) is 11.5. The van der Waals surface area contributed by atoms with E-state index in [9.17, 15) is 4.79 Å². The Morgan fingerprint density at radius 2 is 2.08 bits per heavy atom. The quantitative estimate of drug-likeness (QED) is 0.496. The van der Waals surface area contributed by atoms with Crippen molar-refractivity contribution in [2.45, 2.75) is 6.92 Å². The number of aryl methyl sites for hydroxylation is 1. The van der Waals surface area contributed by atoms with Crippen LogP contribution < -0.4 is 10.2 Å². The van der Waals surface area contributed by atoms with E-state index in [2.05, 4.69) is 16.4 Å². The first kappa shape index (κ1) is 17.9. The molecule has 2 aromatic carbocycles. The number of rotatable bonds is 5. The standard InChI is InChI=1S/C18H14Cl2N2O2/c1-3-8-24-17-7-5-13(9-16(17)20)11-21-22-18(23)14-6-4-12(2)15(19)10-14/h1,4-7,9-11H,8H2,2H3,(H,22,23)/b21-11-. The third kappa shape index (κ3) is 4.76. The molecule has 0 heterocycles. The molecule has 0 saturated carbocycles. The number of carbonyl (C=O) groups is 1. The molecular formula is C18H14Cl2N2O2. The average molecular weight is 361 g/mol. The van der Waals surface area contributed by atoms with Crippen molar-refractivity contribution in [3.8, 4) is 18.1 Å². The Labute approximate surface area is 150 Å². The number of terminal acetylenes is 1. The lowest BCUT2D eigenvalue weighted by Crippen LogP contribution is -2.17. The van der Waals surface area contributed by atoms with Gasteiger partial charge in [-0.25, -0.2) is 5.43 Å². The van der Waals surface area contributed by atoms with Gasteiger partial charge in [-0.1, -0.05) is 35.2 Å². The van der Waals surface area contributed by atoms with E-state index in [1.165, 1.54) is 6.21 Å². The highest BCUT2D eigenvalue weighted by atomic mass is 35.5. The molecule has 122 valence electrons. The van der Waals surface area contributed by atoms with Crippen molar-refractivity contribution in [3.63, 3.8) is 0 Å². The highest BCUT2D eigenvalue weighted by molar-refractivity contribution is 6.32. The zero-order valence-corrected chi connectivity index (χ0v) is 14.4. The van der Waals surface area contributed by atoms with Gasteiger partial charge in [-0.05, 0) is 48.4 Å². The Morgan fingerprint density at radius 1 is 1.29 bits per heavy atom. The van der Waals surface area contributed by atoms with Crippen molar-refractivity contribution < 1.29 is 9.53 Å². The summed E-state index contributed by atoms with van der Waals surface area (Å²) < 4.78 is 5.27. The van der Waals surface area contributed by atoms with E-state index in [-0.39, 0.29) is 12.5 Å². The third-order valence-electron chi connectivity index (χ3n) is 3.08. The van der Waals surface area contributed by atoms with Gasteiger partial charge < -0.3 is 4.74 Å². The number of hydrogen-bond donors (Lipinski definition) is 1. The van der Waals surface area contributed by atoms with Crippen LogP contribution in [-0.4, -0.2) is 18.7 Å². The lowest BCUT2D eigenvalue weighted by molar-refractivity contribution is 0.0955. The molecule has 1 N–H and O–H groups in total. The van der Waals surface area contributed by atoms with Gasteiger partial charge in [0, 0.05) is 10.6 Å². The fourth-order valence-electron chi connectivity index (χ4n) is 1.80. The molecule has 0 saturated heterocycles. The fraction of sp³-hybridized carbons (Fsp3) is 0.111. The molecule has 0 aliphatic carbocycles. The first-order valence-corrected chi connectivity index (χ1v) is 7.72. The molecule has 0 spiro atoms. The summed E-state index contributed by atoms with van der Waals surface area (Å²) >= 11 is 12.1. The van der Waals surface area contributed by atoms with Crippen LogP contribution in [0, 0.1) is 19.3 Å². The highest BCUT2D eigenvalue weighted by Gasteiger charge is 2.06. The second-order valence-electron chi connectivity index (χ2n) is 4.85. The maximum absolute atomic E-state index is 12.0. The SMILES string of the molecule is C#CCOc1ccc(/C=N\NC(=O)c2ccc(C)c(Cl)c2)cc1Cl. The minimum Gasteiger partial charge on any atom is -0.479 e. The molecule has 0 radical (unpaired) electrons. The van der Waals surface area contributed by atoms with E-state index in [1.54, 1.807) is 36.4 Å². The molecule has 6 heteroatoms. The van der Waals surface area contributed by atoms with E-state index < -0.39 is 0 Å². The third-order valence-corrected chi connectivity index (χ3v) is 3.78. The summed E-state index contributed by atoms with van der Waals surface area (Å²) in [5, 5.41) is 4.84. The molecule has 0 aromatic heterocycles. The number of hydrazone groups is 1. The second-order valence-corrected chi connectivity index (χ2v) is 5.66. The van der Waals surface area contributed by atoms with Crippen LogP contribution in [0.1, 0.15) is 21.5 Å². The number of ether oxygens (including phenoxy) is 1. The summed E-state index contributed by atoms with van der Waals surface area (Å²) in [4.78, 5) is 12.0. The molecule has 2 aromatic rings. The van der Waals surface area contributed by atoms with Crippen LogP contribution in [0.2, 0.25) is 10.0 Å². The maximum Gasteiger partial charge on any atom is 0.271 e. The van der Waals surface area contributed by atoms with Crippen molar-refractivity contribution in [1.82, 2.24) is 5.43 Å². The van der Waals surface area contributed by atoms with Gasteiger partial charge in [0.25, 0.3) is 5.91 Å². The van der Waals surface area contributed by atoms with Crippen LogP contribution in [0.5, 0.6) is 5.75 Å². The van der Waals surface area contributed by atoms with Crippen LogP contribution in [0.4, 0.5) is 0 Å². The minimum absolute atomic E-state index is 0.141. The van der Waals surface area contributed by atoms with Crippen LogP contribution in [0.25, 0.3) is 0 Å². The van der Waals surface area contributed by atoms with Crippen LogP contribution in [-0.2, 0) is 0 Å². The number of hydrogen-bond acceptors (Lipinski definition) is 3. The van der Waals surface area contributed by atoms with E-state index in [0.29, 0.717) is 26.9 Å². The van der Waals surface area contributed by atoms with Crippen molar-refractivity contribution in [3.05, 3.63) is 63.1 Å². The molecular weight excluding hydrogens is 347 g/mol.